The van der Waals surface area contributed by atoms with Gasteiger partial charge in [-0.3, -0.25) is 0 Å². The van der Waals surface area contributed by atoms with Crippen molar-refractivity contribution in [1.29, 1.82) is 0 Å². The van der Waals surface area contributed by atoms with Crippen molar-refractivity contribution in [3.05, 3.63) is 29.6 Å². The molecule has 0 aliphatic carbocycles. The molecular weight excluding hydrogens is 273 g/mol. The standard InChI is InChI=1S/C15H22FN3S/c1-2-8-19-9-6-11(7-10-19)18-13-5-3-4-12(16)14(13)15(17)20/h3-5,11,18H,2,6-10H2,1H3,(H2,17,20). The summed E-state index contributed by atoms with van der Waals surface area (Å²) in [6, 6.07) is 5.28. The zero-order valence-corrected chi connectivity index (χ0v) is 12.7. The van der Waals surface area contributed by atoms with Gasteiger partial charge in [0.1, 0.15) is 10.8 Å². The molecule has 1 aliphatic rings. The van der Waals surface area contributed by atoms with Crippen molar-refractivity contribution in [2.24, 2.45) is 5.73 Å². The normalized spacial score (nSPS) is 17.1. The molecule has 0 amide bonds. The van der Waals surface area contributed by atoms with Gasteiger partial charge in [-0.15, -0.1) is 0 Å². The number of nitrogens with two attached hydrogens (primary N) is 1. The zero-order valence-electron chi connectivity index (χ0n) is 11.9. The van der Waals surface area contributed by atoms with Crippen LogP contribution in [0.2, 0.25) is 0 Å². The second-order valence-corrected chi connectivity index (χ2v) is 5.73. The molecule has 0 aromatic heterocycles. The first kappa shape index (κ1) is 15.2. The van der Waals surface area contributed by atoms with Gasteiger partial charge >= 0.3 is 0 Å². The summed E-state index contributed by atoms with van der Waals surface area (Å²) in [5, 5.41) is 3.40. The van der Waals surface area contributed by atoms with Crippen LogP contribution in [0.25, 0.3) is 0 Å². The highest BCUT2D eigenvalue weighted by Crippen LogP contribution is 2.22. The number of nitrogens with zero attached hydrogens (tertiary/aromatic N) is 1. The molecule has 2 rings (SSSR count). The number of thiocarbonyl (C=S) groups is 1. The van der Waals surface area contributed by atoms with Crippen LogP contribution in [-0.2, 0) is 0 Å². The highest BCUT2D eigenvalue weighted by Gasteiger charge is 2.20. The lowest BCUT2D eigenvalue weighted by molar-refractivity contribution is 0.219. The summed E-state index contributed by atoms with van der Waals surface area (Å²) in [4.78, 5) is 2.58. The van der Waals surface area contributed by atoms with Gasteiger partial charge in [-0.2, -0.15) is 0 Å². The highest BCUT2D eigenvalue weighted by molar-refractivity contribution is 7.80. The van der Waals surface area contributed by atoms with Gasteiger partial charge in [-0.1, -0.05) is 25.2 Å². The van der Waals surface area contributed by atoms with E-state index in [1.807, 2.05) is 6.07 Å². The molecule has 0 saturated carbocycles. The smallest absolute Gasteiger partial charge is 0.135 e. The molecule has 3 nitrogen and oxygen atoms in total. The van der Waals surface area contributed by atoms with Crippen LogP contribution in [0.1, 0.15) is 31.7 Å². The number of piperidine rings is 1. The van der Waals surface area contributed by atoms with Gasteiger partial charge in [0, 0.05) is 24.8 Å². The molecule has 1 fully saturated rings. The third-order valence-corrected chi connectivity index (χ3v) is 3.95. The molecule has 1 heterocycles. The summed E-state index contributed by atoms with van der Waals surface area (Å²) in [5.74, 6) is -0.356. The van der Waals surface area contributed by atoms with Crippen LogP contribution < -0.4 is 11.1 Å². The van der Waals surface area contributed by atoms with Gasteiger partial charge in [-0.05, 0) is 37.9 Å². The first-order valence-electron chi connectivity index (χ1n) is 7.19. The Bertz CT molecular complexity index is 470. The monoisotopic (exact) mass is 295 g/mol. The molecule has 0 spiro atoms. The lowest BCUT2D eigenvalue weighted by Crippen LogP contribution is -2.39. The quantitative estimate of drug-likeness (QED) is 0.820. The molecule has 1 saturated heterocycles. The number of benzene rings is 1. The minimum atomic E-state index is -0.356. The maximum Gasteiger partial charge on any atom is 0.135 e. The number of halogens is 1. The average molecular weight is 295 g/mol. The summed E-state index contributed by atoms with van der Waals surface area (Å²) >= 11 is 4.95. The van der Waals surface area contributed by atoms with Crippen molar-refractivity contribution in [1.82, 2.24) is 4.90 Å². The molecule has 0 bridgehead atoms. The second kappa shape index (κ2) is 6.99. The van der Waals surface area contributed by atoms with Crippen LogP contribution in [0.3, 0.4) is 0 Å². The predicted octanol–water partition coefficient (Wildman–Crippen LogP) is 2.75. The van der Waals surface area contributed by atoms with Gasteiger partial charge in [0.15, 0.2) is 0 Å². The van der Waals surface area contributed by atoms with Crippen LogP contribution in [0, 0.1) is 5.82 Å². The molecule has 5 heteroatoms. The van der Waals surface area contributed by atoms with Crippen molar-refractivity contribution < 1.29 is 4.39 Å². The lowest BCUT2D eigenvalue weighted by atomic mass is 10.0. The SMILES string of the molecule is CCCN1CCC(Nc2cccc(F)c2C(N)=S)CC1. The van der Waals surface area contributed by atoms with Crippen molar-refractivity contribution >= 4 is 22.9 Å². The van der Waals surface area contributed by atoms with Crippen LogP contribution in [0.4, 0.5) is 10.1 Å². The Balaban J connectivity index is 2.01. The van der Waals surface area contributed by atoms with E-state index in [1.54, 1.807) is 6.07 Å². The maximum absolute atomic E-state index is 13.8. The molecule has 0 unspecified atom stereocenters. The number of likely N-dealkylation sites (tertiary alicyclic amines) is 1. The molecule has 110 valence electrons. The summed E-state index contributed by atoms with van der Waals surface area (Å²) in [5.41, 5.74) is 6.67. The first-order chi connectivity index (χ1) is 9.61. The Kier molecular flexibility index (Phi) is 5.31. The molecule has 1 aromatic rings. The summed E-state index contributed by atoms with van der Waals surface area (Å²) in [6.45, 7) is 5.53. The van der Waals surface area contributed by atoms with E-state index in [1.165, 1.54) is 12.5 Å². The Morgan fingerprint density at radius 2 is 2.15 bits per heavy atom. The molecular formula is C15H22FN3S. The van der Waals surface area contributed by atoms with Crippen LogP contribution in [0.5, 0.6) is 0 Å². The van der Waals surface area contributed by atoms with Gasteiger partial charge in [0.05, 0.1) is 5.56 Å². The fraction of sp³-hybridized carbons (Fsp3) is 0.533. The summed E-state index contributed by atoms with van der Waals surface area (Å²) in [6.07, 6.45) is 3.31. The number of hydrogen-bond donors (Lipinski definition) is 2. The van der Waals surface area contributed by atoms with Crippen LogP contribution in [0.15, 0.2) is 18.2 Å². The average Bonchev–Trinajstić information content (AvgIpc) is 2.41. The Labute approximate surface area is 125 Å². The van der Waals surface area contributed by atoms with Gasteiger partial charge in [0.2, 0.25) is 0 Å². The van der Waals surface area contributed by atoms with E-state index in [-0.39, 0.29) is 10.8 Å². The Hall–Kier alpha value is -1.20. The van der Waals surface area contributed by atoms with E-state index < -0.39 is 0 Å². The summed E-state index contributed by atoms with van der Waals surface area (Å²) in [7, 11) is 0. The zero-order chi connectivity index (χ0) is 14.5. The third kappa shape index (κ3) is 3.67. The van der Waals surface area contributed by atoms with Crippen LogP contribution >= 0.6 is 12.2 Å². The van der Waals surface area contributed by atoms with E-state index in [0.717, 1.165) is 32.5 Å². The molecule has 1 aliphatic heterocycles. The topological polar surface area (TPSA) is 41.3 Å². The number of rotatable bonds is 5. The van der Waals surface area contributed by atoms with E-state index in [4.69, 9.17) is 18.0 Å². The number of nitrogens with one attached hydrogen (secondary N) is 1. The Morgan fingerprint density at radius 1 is 1.45 bits per heavy atom. The van der Waals surface area contributed by atoms with Crippen molar-refractivity contribution in [3.63, 3.8) is 0 Å². The van der Waals surface area contributed by atoms with Crippen molar-refractivity contribution in [2.75, 3.05) is 25.0 Å². The second-order valence-electron chi connectivity index (χ2n) is 5.29. The van der Waals surface area contributed by atoms with E-state index in [9.17, 15) is 4.39 Å². The van der Waals surface area contributed by atoms with E-state index >= 15 is 0 Å². The largest absolute Gasteiger partial charge is 0.389 e. The third-order valence-electron chi connectivity index (χ3n) is 3.75. The van der Waals surface area contributed by atoms with E-state index in [2.05, 4.69) is 17.1 Å². The fourth-order valence-electron chi connectivity index (χ4n) is 2.73. The van der Waals surface area contributed by atoms with Crippen molar-refractivity contribution in [2.45, 2.75) is 32.2 Å². The van der Waals surface area contributed by atoms with Crippen molar-refractivity contribution in [3.8, 4) is 0 Å². The lowest BCUT2D eigenvalue weighted by Gasteiger charge is -2.33. The number of anilines is 1. The molecule has 20 heavy (non-hydrogen) atoms. The molecule has 3 N–H and O–H groups in total. The van der Waals surface area contributed by atoms with Crippen LogP contribution in [-0.4, -0.2) is 35.6 Å². The Morgan fingerprint density at radius 3 is 2.75 bits per heavy atom. The van der Waals surface area contributed by atoms with Gasteiger partial charge in [-0.25, -0.2) is 4.39 Å². The summed E-state index contributed by atoms with van der Waals surface area (Å²) < 4.78 is 13.8. The maximum atomic E-state index is 13.8. The first-order valence-corrected chi connectivity index (χ1v) is 7.60. The van der Waals surface area contributed by atoms with E-state index in [0.29, 0.717) is 17.3 Å². The minimum Gasteiger partial charge on any atom is -0.389 e. The molecule has 0 atom stereocenters. The van der Waals surface area contributed by atoms with Gasteiger partial charge < -0.3 is 16.0 Å². The number of hydrogen-bond acceptors (Lipinski definition) is 3. The van der Waals surface area contributed by atoms with Gasteiger partial charge in [0.25, 0.3) is 0 Å². The highest BCUT2D eigenvalue weighted by atomic mass is 32.1. The molecule has 1 aromatic carbocycles. The molecule has 0 radical (unpaired) electrons. The fourth-order valence-corrected chi connectivity index (χ4v) is 2.94. The minimum absolute atomic E-state index is 0.106. The predicted molar refractivity (Wildman–Crippen MR) is 85.7 cm³/mol.